The highest BCUT2D eigenvalue weighted by Crippen LogP contribution is 2.12. The first kappa shape index (κ1) is 17.2. The minimum Gasteiger partial charge on any atom is -0.383 e. The number of rotatable bonds is 6. The highest BCUT2D eigenvalue weighted by atomic mass is 19.4. The molecule has 8 heteroatoms. The van der Waals surface area contributed by atoms with Crippen LogP contribution in [-0.2, 0) is 9.53 Å². The third-order valence-electron chi connectivity index (χ3n) is 3.29. The van der Waals surface area contributed by atoms with Crippen molar-refractivity contribution in [2.75, 3.05) is 53.0 Å². The standard InChI is InChI=1S/C12H22F3N3O2/c1-10-7-17(3-4-18(10)5-6-20-2)8-11(19)16-9-12(13,14)15/h10H,3-9H2,1-2H3,(H,16,19)/t10-/m0/s1. The highest BCUT2D eigenvalue weighted by Gasteiger charge is 2.29. The van der Waals surface area contributed by atoms with Gasteiger partial charge in [-0.05, 0) is 6.92 Å². The van der Waals surface area contributed by atoms with Crippen molar-refractivity contribution in [1.82, 2.24) is 15.1 Å². The fourth-order valence-corrected chi connectivity index (χ4v) is 2.21. The van der Waals surface area contributed by atoms with Crippen LogP contribution in [0.1, 0.15) is 6.92 Å². The lowest BCUT2D eigenvalue weighted by molar-refractivity contribution is -0.139. The Kier molecular flexibility index (Phi) is 6.70. The fraction of sp³-hybridized carbons (Fsp3) is 0.917. The monoisotopic (exact) mass is 297 g/mol. The van der Waals surface area contributed by atoms with E-state index in [4.69, 9.17) is 4.74 Å². The molecule has 1 N–H and O–H groups in total. The number of halogens is 3. The Morgan fingerprint density at radius 3 is 2.65 bits per heavy atom. The molecular weight excluding hydrogens is 275 g/mol. The van der Waals surface area contributed by atoms with E-state index in [1.807, 2.05) is 17.1 Å². The SMILES string of the molecule is COCCN1CCN(CC(=O)NCC(F)(F)F)C[C@@H]1C. The molecule has 0 aromatic heterocycles. The van der Waals surface area contributed by atoms with Gasteiger partial charge in [-0.25, -0.2) is 0 Å². The molecule has 20 heavy (non-hydrogen) atoms. The lowest BCUT2D eigenvalue weighted by Crippen LogP contribution is -2.54. The summed E-state index contributed by atoms with van der Waals surface area (Å²) in [5.41, 5.74) is 0. The summed E-state index contributed by atoms with van der Waals surface area (Å²) < 4.78 is 41.0. The quantitative estimate of drug-likeness (QED) is 0.767. The largest absolute Gasteiger partial charge is 0.405 e. The van der Waals surface area contributed by atoms with Crippen molar-refractivity contribution in [1.29, 1.82) is 0 Å². The number of nitrogens with one attached hydrogen (secondary N) is 1. The molecule has 1 saturated heterocycles. The van der Waals surface area contributed by atoms with Crippen LogP contribution in [0.25, 0.3) is 0 Å². The number of hydrogen-bond acceptors (Lipinski definition) is 4. The third kappa shape index (κ3) is 6.53. The molecule has 0 unspecified atom stereocenters. The number of methoxy groups -OCH3 is 1. The molecule has 1 aliphatic rings. The van der Waals surface area contributed by atoms with E-state index in [1.165, 1.54) is 0 Å². The summed E-state index contributed by atoms with van der Waals surface area (Å²) in [6.07, 6.45) is -4.36. The van der Waals surface area contributed by atoms with Gasteiger partial charge in [0.1, 0.15) is 6.54 Å². The second-order valence-electron chi connectivity index (χ2n) is 5.00. The molecular formula is C12H22F3N3O2. The van der Waals surface area contributed by atoms with Crippen molar-refractivity contribution in [2.45, 2.75) is 19.1 Å². The molecule has 1 rings (SSSR count). The van der Waals surface area contributed by atoms with E-state index in [1.54, 1.807) is 7.11 Å². The Bertz CT molecular complexity index is 313. The van der Waals surface area contributed by atoms with Gasteiger partial charge in [-0.1, -0.05) is 0 Å². The highest BCUT2D eigenvalue weighted by molar-refractivity contribution is 5.78. The maximum absolute atomic E-state index is 12.0. The van der Waals surface area contributed by atoms with Gasteiger partial charge in [-0.15, -0.1) is 0 Å². The van der Waals surface area contributed by atoms with Crippen LogP contribution in [-0.4, -0.2) is 80.9 Å². The maximum Gasteiger partial charge on any atom is 0.405 e. The maximum atomic E-state index is 12.0. The number of hydrogen-bond donors (Lipinski definition) is 1. The lowest BCUT2D eigenvalue weighted by atomic mass is 10.2. The number of piperazine rings is 1. The van der Waals surface area contributed by atoms with Gasteiger partial charge in [0.15, 0.2) is 0 Å². The summed E-state index contributed by atoms with van der Waals surface area (Å²) >= 11 is 0. The Hall–Kier alpha value is -0.860. The summed E-state index contributed by atoms with van der Waals surface area (Å²) in [6.45, 7) is 4.39. The predicted molar refractivity (Wildman–Crippen MR) is 68.4 cm³/mol. The van der Waals surface area contributed by atoms with Gasteiger partial charge in [0, 0.05) is 39.3 Å². The number of ether oxygens (including phenoxy) is 1. The zero-order valence-electron chi connectivity index (χ0n) is 11.9. The third-order valence-corrected chi connectivity index (χ3v) is 3.29. The molecule has 0 aromatic rings. The molecule has 0 radical (unpaired) electrons. The lowest BCUT2D eigenvalue weighted by Gasteiger charge is -2.39. The summed E-state index contributed by atoms with van der Waals surface area (Å²) in [4.78, 5) is 15.6. The van der Waals surface area contributed by atoms with E-state index in [-0.39, 0.29) is 12.6 Å². The molecule has 118 valence electrons. The molecule has 1 amide bonds. The molecule has 1 heterocycles. The molecule has 0 bridgehead atoms. The fourth-order valence-electron chi connectivity index (χ4n) is 2.21. The average Bonchev–Trinajstić information content (AvgIpc) is 2.35. The molecule has 5 nitrogen and oxygen atoms in total. The Balaban J connectivity index is 2.28. The smallest absolute Gasteiger partial charge is 0.383 e. The van der Waals surface area contributed by atoms with Crippen LogP contribution >= 0.6 is 0 Å². The van der Waals surface area contributed by atoms with Gasteiger partial charge in [-0.2, -0.15) is 13.2 Å². The number of carbonyl (C=O) groups excluding carboxylic acids is 1. The molecule has 1 fully saturated rings. The van der Waals surface area contributed by atoms with Crippen molar-refractivity contribution < 1.29 is 22.7 Å². The first-order valence-electron chi connectivity index (χ1n) is 6.60. The van der Waals surface area contributed by atoms with Crippen LogP contribution in [0.15, 0.2) is 0 Å². The van der Waals surface area contributed by atoms with Gasteiger partial charge in [0.05, 0.1) is 13.2 Å². The van der Waals surface area contributed by atoms with E-state index in [0.717, 1.165) is 13.1 Å². The van der Waals surface area contributed by atoms with E-state index >= 15 is 0 Å². The molecule has 0 aliphatic carbocycles. The minimum absolute atomic E-state index is 0.0124. The molecule has 1 aliphatic heterocycles. The number of carbonyl (C=O) groups is 1. The second-order valence-corrected chi connectivity index (χ2v) is 5.00. The van der Waals surface area contributed by atoms with Crippen LogP contribution in [0.4, 0.5) is 13.2 Å². The summed E-state index contributed by atoms with van der Waals surface area (Å²) in [5, 5.41) is 1.89. The van der Waals surface area contributed by atoms with Crippen LogP contribution in [0.3, 0.4) is 0 Å². The number of amides is 1. The Morgan fingerprint density at radius 1 is 1.40 bits per heavy atom. The van der Waals surface area contributed by atoms with Crippen molar-refractivity contribution in [3.05, 3.63) is 0 Å². The minimum atomic E-state index is -4.36. The molecule has 0 spiro atoms. The zero-order valence-corrected chi connectivity index (χ0v) is 11.9. The van der Waals surface area contributed by atoms with Gasteiger partial charge < -0.3 is 10.1 Å². The molecule has 1 atom stereocenters. The average molecular weight is 297 g/mol. The summed E-state index contributed by atoms with van der Waals surface area (Å²) in [5.74, 6) is -0.583. The normalized spacial score (nSPS) is 21.9. The zero-order chi connectivity index (χ0) is 15.2. The van der Waals surface area contributed by atoms with Gasteiger partial charge in [0.2, 0.25) is 5.91 Å². The van der Waals surface area contributed by atoms with Gasteiger partial charge in [-0.3, -0.25) is 14.6 Å². The van der Waals surface area contributed by atoms with E-state index in [9.17, 15) is 18.0 Å². The summed E-state index contributed by atoms with van der Waals surface area (Å²) in [7, 11) is 1.64. The Labute approximate surface area is 117 Å². The van der Waals surface area contributed by atoms with Crippen LogP contribution in [0, 0.1) is 0 Å². The van der Waals surface area contributed by atoms with Crippen molar-refractivity contribution in [3.63, 3.8) is 0 Å². The van der Waals surface area contributed by atoms with E-state index in [2.05, 4.69) is 4.90 Å². The first-order valence-corrected chi connectivity index (χ1v) is 6.60. The van der Waals surface area contributed by atoms with Crippen LogP contribution < -0.4 is 5.32 Å². The first-order chi connectivity index (χ1) is 9.31. The number of nitrogens with zero attached hydrogens (tertiary/aromatic N) is 2. The number of alkyl halides is 3. The topological polar surface area (TPSA) is 44.8 Å². The van der Waals surface area contributed by atoms with Crippen molar-refractivity contribution >= 4 is 5.91 Å². The predicted octanol–water partition coefficient (Wildman–Crippen LogP) is 0.317. The van der Waals surface area contributed by atoms with Gasteiger partial charge >= 0.3 is 6.18 Å². The molecule has 0 aromatic carbocycles. The van der Waals surface area contributed by atoms with E-state index < -0.39 is 18.6 Å². The van der Waals surface area contributed by atoms with Crippen LogP contribution in [0.2, 0.25) is 0 Å². The second kappa shape index (κ2) is 7.80. The van der Waals surface area contributed by atoms with Crippen molar-refractivity contribution in [2.24, 2.45) is 0 Å². The summed E-state index contributed by atoms with van der Waals surface area (Å²) in [6, 6.07) is 0.259. The van der Waals surface area contributed by atoms with E-state index in [0.29, 0.717) is 19.7 Å². The molecule has 0 saturated carbocycles. The van der Waals surface area contributed by atoms with Gasteiger partial charge in [0.25, 0.3) is 0 Å². The van der Waals surface area contributed by atoms with Crippen LogP contribution in [0.5, 0.6) is 0 Å². The Morgan fingerprint density at radius 2 is 2.10 bits per heavy atom. The van der Waals surface area contributed by atoms with Crippen molar-refractivity contribution in [3.8, 4) is 0 Å².